The molecule has 2 rings (SSSR count). The molecular formula is C14H21NO. The highest BCUT2D eigenvalue weighted by Gasteiger charge is 2.18. The Morgan fingerprint density at radius 2 is 2.00 bits per heavy atom. The number of hydrogen-bond acceptors (Lipinski definition) is 2. The maximum atomic E-state index is 5.61. The molecule has 0 bridgehead atoms. The van der Waals surface area contributed by atoms with E-state index in [1.165, 1.54) is 36.2 Å². The molecule has 0 aliphatic carbocycles. The standard InChI is InChI=1S/C14H21NO/c1-4-16-14-6-10(2)13(5-11(14)3)7-12-8-15-9-12/h5-6,12,15H,4,7-9H2,1-3H3. The number of ether oxygens (including phenoxy) is 1. The van der Waals surface area contributed by atoms with Gasteiger partial charge in [0, 0.05) is 0 Å². The van der Waals surface area contributed by atoms with Gasteiger partial charge in [0.1, 0.15) is 5.75 Å². The summed E-state index contributed by atoms with van der Waals surface area (Å²) in [5, 5.41) is 3.32. The molecule has 0 unspecified atom stereocenters. The van der Waals surface area contributed by atoms with Crippen LogP contribution >= 0.6 is 0 Å². The predicted octanol–water partition coefficient (Wildman–Crippen LogP) is 2.46. The summed E-state index contributed by atoms with van der Waals surface area (Å²) in [7, 11) is 0. The minimum absolute atomic E-state index is 0.742. The third-order valence-electron chi connectivity index (χ3n) is 3.31. The Morgan fingerprint density at radius 1 is 1.25 bits per heavy atom. The molecule has 1 heterocycles. The van der Waals surface area contributed by atoms with Gasteiger partial charge in [-0.15, -0.1) is 0 Å². The predicted molar refractivity (Wildman–Crippen MR) is 67.1 cm³/mol. The van der Waals surface area contributed by atoms with Gasteiger partial charge in [-0.2, -0.15) is 0 Å². The zero-order chi connectivity index (χ0) is 11.5. The monoisotopic (exact) mass is 219 g/mol. The van der Waals surface area contributed by atoms with E-state index in [1.807, 2.05) is 6.92 Å². The van der Waals surface area contributed by atoms with Crippen molar-refractivity contribution in [3.8, 4) is 5.75 Å². The second kappa shape index (κ2) is 4.88. The molecule has 1 aliphatic heterocycles. The Hall–Kier alpha value is -1.02. The van der Waals surface area contributed by atoms with Crippen LogP contribution in [0.5, 0.6) is 5.75 Å². The second-order valence-corrected chi connectivity index (χ2v) is 4.71. The van der Waals surface area contributed by atoms with Crippen LogP contribution in [0.25, 0.3) is 0 Å². The maximum Gasteiger partial charge on any atom is 0.122 e. The highest BCUT2D eigenvalue weighted by Crippen LogP contribution is 2.25. The molecule has 1 fully saturated rings. The number of benzene rings is 1. The summed E-state index contributed by atoms with van der Waals surface area (Å²) in [4.78, 5) is 0. The fourth-order valence-electron chi connectivity index (χ4n) is 2.18. The highest BCUT2D eigenvalue weighted by atomic mass is 16.5. The van der Waals surface area contributed by atoms with Crippen molar-refractivity contribution < 1.29 is 4.74 Å². The summed E-state index contributed by atoms with van der Waals surface area (Å²) < 4.78 is 5.61. The lowest BCUT2D eigenvalue weighted by atomic mass is 9.91. The van der Waals surface area contributed by atoms with Gasteiger partial charge in [-0.1, -0.05) is 6.07 Å². The van der Waals surface area contributed by atoms with Crippen LogP contribution in [-0.2, 0) is 6.42 Å². The summed E-state index contributed by atoms with van der Waals surface area (Å²) in [6.07, 6.45) is 1.20. The number of hydrogen-bond donors (Lipinski definition) is 1. The molecule has 1 saturated heterocycles. The SMILES string of the molecule is CCOc1cc(C)c(CC2CNC2)cc1C. The van der Waals surface area contributed by atoms with Crippen molar-refractivity contribution in [3.63, 3.8) is 0 Å². The largest absolute Gasteiger partial charge is 0.494 e. The Labute approximate surface area is 98.0 Å². The third kappa shape index (κ3) is 2.38. The molecule has 0 amide bonds. The molecule has 0 radical (unpaired) electrons. The van der Waals surface area contributed by atoms with Crippen LogP contribution in [0.4, 0.5) is 0 Å². The fourth-order valence-corrected chi connectivity index (χ4v) is 2.18. The van der Waals surface area contributed by atoms with Crippen molar-refractivity contribution in [3.05, 3.63) is 28.8 Å². The van der Waals surface area contributed by atoms with Crippen LogP contribution in [0, 0.1) is 19.8 Å². The Kier molecular flexibility index (Phi) is 3.49. The number of aryl methyl sites for hydroxylation is 2. The van der Waals surface area contributed by atoms with Gasteiger partial charge in [0.2, 0.25) is 0 Å². The van der Waals surface area contributed by atoms with Crippen molar-refractivity contribution in [2.24, 2.45) is 5.92 Å². The van der Waals surface area contributed by atoms with Crippen LogP contribution in [0.15, 0.2) is 12.1 Å². The normalized spacial score (nSPS) is 15.9. The lowest BCUT2D eigenvalue weighted by Crippen LogP contribution is -2.43. The first kappa shape index (κ1) is 11.5. The topological polar surface area (TPSA) is 21.3 Å². The zero-order valence-corrected chi connectivity index (χ0v) is 10.5. The summed E-state index contributed by atoms with van der Waals surface area (Å²) in [6.45, 7) is 9.43. The molecule has 2 nitrogen and oxygen atoms in total. The first-order valence-electron chi connectivity index (χ1n) is 6.14. The smallest absolute Gasteiger partial charge is 0.122 e. The molecule has 16 heavy (non-hydrogen) atoms. The molecule has 1 aromatic carbocycles. The van der Waals surface area contributed by atoms with Crippen LogP contribution in [0.3, 0.4) is 0 Å². The summed E-state index contributed by atoms with van der Waals surface area (Å²) >= 11 is 0. The molecule has 1 aliphatic rings. The zero-order valence-electron chi connectivity index (χ0n) is 10.5. The van der Waals surface area contributed by atoms with Gasteiger partial charge in [0.15, 0.2) is 0 Å². The first-order chi connectivity index (χ1) is 7.70. The van der Waals surface area contributed by atoms with E-state index in [0.29, 0.717) is 0 Å². The minimum atomic E-state index is 0.742. The van der Waals surface area contributed by atoms with E-state index in [-0.39, 0.29) is 0 Å². The van der Waals surface area contributed by atoms with Crippen LogP contribution in [-0.4, -0.2) is 19.7 Å². The van der Waals surface area contributed by atoms with E-state index in [4.69, 9.17) is 4.74 Å². The molecule has 88 valence electrons. The lowest BCUT2D eigenvalue weighted by molar-refractivity contribution is 0.335. The number of nitrogens with one attached hydrogen (secondary N) is 1. The summed E-state index contributed by atoms with van der Waals surface area (Å²) in [6, 6.07) is 4.47. The molecule has 0 saturated carbocycles. The van der Waals surface area contributed by atoms with E-state index in [2.05, 4.69) is 31.3 Å². The molecule has 1 aromatic rings. The van der Waals surface area contributed by atoms with Gasteiger partial charge < -0.3 is 10.1 Å². The molecule has 2 heteroatoms. The number of rotatable bonds is 4. The van der Waals surface area contributed by atoms with Crippen molar-refractivity contribution in [1.82, 2.24) is 5.32 Å². The molecule has 0 aromatic heterocycles. The van der Waals surface area contributed by atoms with E-state index < -0.39 is 0 Å². The van der Waals surface area contributed by atoms with Gasteiger partial charge in [0.05, 0.1) is 6.61 Å². The minimum Gasteiger partial charge on any atom is -0.494 e. The van der Waals surface area contributed by atoms with Crippen LogP contribution in [0.2, 0.25) is 0 Å². The van der Waals surface area contributed by atoms with E-state index >= 15 is 0 Å². The Bertz CT molecular complexity index is 369. The molecule has 1 N–H and O–H groups in total. The lowest BCUT2D eigenvalue weighted by Gasteiger charge is -2.28. The maximum absolute atomic E-state index is 5.61. The Balaban J connectivity index is 2.15. The van der Waals surface area contributed by atoms with E-state index in [1.54, 1.807) is 0 Å². The average molecular weight is 219 g/mol. The highest BCUT2D eigenvalue weighted by molar-refractivity contribution is 5.41. The average Bonchev–Trinajstić information content (AvgIpc) is 2.18. The van der Waals surface area contributed by atoms with Crippen molar-refractivity contribution in [1.29, 1.82) is 0 Å². The second-order valence-electron chi connectivity index (χ2n) is 4.71. The Morgan fingerprint density at radius 3 is 2.56 bits per heavy atom. The molecule has 0 atom stereocenters. The van der Waals surface area contributed by atoms with E-state index in [9.17, 15) is 0 Å². The van der Waals surface area contributed by atoms with Gasteiger partial charge in [0.25, 0.3) is 0 Å². The van der Waals surface area contributed by atoms with Crippen molar-refractivity contribution in [2.75, 3.05) is 19.7 Å². The third-order valence-corrected chi connectivity index (χ3v) is 3.31. The quantitative estimate of drug-likeness (QED) is 0.840. The summed E-state index contributed by atoms with van der Waals surface area (Å²) in [5.41, 5.74) is 4.10. The first-order valence-corrected chi connectivity index (χ1v) is 6.14. The molecular weight excluding hydrogens is 198 g/mol. The van der Waals surface area contributed by atoms with Gasteiger partial charge in [-0.25, -0.2) is 0 Å². The van der Waals surface area contributed by atoms with Gasteiger partial charge in [-0.3, -0.25) is 0 Å². The van der Waals surface area contributed by atoms with Crippen LogP contribution < -0.4 is 10.1 Å². The van der Waals surface area contributed by atoms with E-state index in [0.717, 1.165) is 18.3 Å². The van der Waals surface area contributed by atoms with Crippen molar-refractivity contribution >= 4 is 0 Å². The molecule has 0 spiro atoms. The van der Waals surface area contributed by atoms with Crippen LogP contribution in [0.1, 0.15) is 23.6 Å². The van der Waals surface area contributed by atoms with Gasteiger partial charge >= 0.3 is 0 Å². The van der Waals surface area contributed by atoms with Gasteiger partial charge in [-0.05, 0) is 69.0 Å². The summed E-state index contributed by atoms with van der Waals surface area (Å²) in [5.74, 6) is 1.87. The van der Waals surface area contributed by atoms with Crippen molar-refractivity contribution in [2.45, 2.75) is 27.2 Å². The fraction of sp³-hybridized carbons (Fsp3) is 0.571.